The van der Waals surface area contributed by atoms with Crippen LogP contribution in [0.3, 0.4) is 0 Å². The molecule has 1 aliphatic heterocycles. The normalized spacial score (nSPS) is 14.5. The van der Waals surface area contributed by atoms with E-state index in [1.165, 1.54) is 12.1 Å². The van der Waals surface area contributed by atoms with Gasteiger partial charge in [-0.15, -0.1) is 0 Å². The van der Waals surface area contributed by atoms with Gasteiger partial charge in [-0.05, 0) is 11.6 Å². The van der Waals surface area contributed by atoms with Gasteiger partial charge in [-0.2, -0.15) is 0 Å². The van der Waals surface area contributed by atoms with Crippen molar-refractivity contribution in [2.24, 2.45) is 0 Å². The van der Waals surface area contributed by atoms with Crippen LogP contribution in [-0.2, 0) is 19.5 Å². The summed E-state index contributed by atoms with van der Waals surface area (Å²) in [5, 5.41) is 20.5. The minimum absolute atomic E-state index is 0.116. The molecule has 0 amide bonds. The third kappa shape index (κ3) is 3.53. The Balaban J connectivity index is 1.81. The minimum atomic E-state index is -0.605. The lowest BCUT2D eigenvalue weighted by Gasteiger charge is -2.28. The first-order chi connectivity index (χ1) is 11.8. The van der Waals surface area contributed by atoms with Crippen LogP contribution in [0.15, 0.2) is 23.0 Å². The Bertz CT molecular complexity index is 875. The average Bonchev–Trinajstić information content (AvgIpc) is 2.56. The summed E-state index contributed by atoms with van der Waals surface area (Å²) >= 11 is 0. The summed E-state index contributed by atoms with van der Waals surface area (Å²) in [7, 11) is 0. The van der Waals surface area contributed by atoms with E-state index in [1.54, 1.807) is 6.07 Å². The molecular weight excluding hydrogens is 324 g/mol. The van der Waals surface area contributed by atoms with Crippen molar-refractivity contribution >= 4 is 5.69 Å². The Morgan fingerprint density at radius 1 is 1.44 bits per heavy atom. The Kier molecular flexibility index (Phi) is 4.54. The highest BCUT2D eigenvalue weighted by molar-refractivity contribution is 5.47. The third-order valence-electron chi connectivity index (χ3n) is 4.36. The Morgan fingerprint density at radius 3 is 2.88 bits per heavy atom. The number of hydrogen-bond acceptors (Lipinski definition) is 6. The number of aromatic hydroxyl groups is 1. The number of phenolic OH excluding ortho intramolecular Hbond substituents is 1. The van der Waals surface area contributed by atoms with Crippen molar-refractivity contribution in [3.63, 3.8) is 0 Å². The molecule has 132 valence electrons. The van der Waals surface area contributed by atoms with Crippen LogP contribution >= 0.6 is 0 Å². The molecule has 2 N–H and O–H groups in total. The zero-order chi connectivity index (χ0) is 18.1. The second kappa shape index (κ2) is 6.64. The molecule has 2 heterocycles. The van der Waals surface area contributed by atoms with Crippen LogP contribution in [0.5, 0.6) is 5.75 Å². The molecule has 0 radical (unpaired) electrons. The number of nitro groups is 1. The molecule has 0 unspecified atom stereocenters. The van der Waals surface area contributed by atoms with Gasteiger partial charge in [0.05, 0.1) is 16.2 Å². The number of phenols is 1. The topological polar surface area (TPSA) is 112 Å². The summed E-state index contributed by atoms with van der Waals surface area (Å²) < 4.78 is 0. The van der Waals surface area contributed by atoms with Crippen LogP contribution in [0.25, 0.3) is 0 Å². The summed E-state index contributed by atoms with van der Waals surface area (Å²) in [4.78, 5) is 32.1. The van der Waals surface area contributed by atoms with Gasteiger partial charge in [-0.1, -0.05) is 19.9 Å². The highest BCUT2D eigenvalue weighted by Crippen LogP contribution is 2.27. The van der Waals surface area contributed by atoms with Gasteiger partial charge in [0.15, 0.2) is 5.75 Å². The fraction of sp³-hybridized carbons (Fsp3) is 0.412. The summed E-state index contributed by atoms with van der Waals surface area (Å²) in [5.74, 6) is 0.513. The molecule has 0 fully saturated rings. The van der Waals surface area contributed by atoms with Crippen LogP contribution in [0.1, 0.15) is 42.4 Å². The number of aromatic nitrogens is 2. The quantitative estimate of drug-likeness (QED) is 0.648. The number of aromatic amines is 1. The van der Waals surface area contributed by atoms with Gasteiger partial charge >= 0.3 is 5.69 Å². The number of fused-ring (bicyclic) bond motifs is 1. The van der Waals surface area contributed by atoms with Gasteiger partial charge in [0, 0.05) is 38.0 Å². The summed E-state index contributed by atoms with van der Waals surface area (Å²) in [6, 6.07) is 4.35. The number of hydrogen-bond donors (Lipinski definition) is 2. The molecule has 8 nitrogen and oxygen atoms in total. The van der Waals surface area contributed by atoms with Crippen molar-refractivity contribution < 1.29 is 10.0 Å². The van der Waals surface area contributed by atoms with Crippen LogP contribution in [0.2, 0.25) is 0 Å². The van der Waals surface area contributed by atoms with E-state index in [9.17, 15) is 20.0 Å². The summed E-state index contributed by atoms with van der Waals surface area (Å²) in [5.41, 5.74) is 1.78. The fourth-order valence-electron chi connectivity index (χ4n) is 2.98. The lowest BCUT2D eigenvalue weighted by atomic mass is 10.0. The van der Waals surface area contributed by atoms with E-state index in [0.29, 0.717) is 30.9 Å². The van der Waals surface area contributed by atoms with E-state index in [1.807, 2.05) is 18.7 Å². The highest BCUT2D eigenvalue weighted by atomic mass is 16.6. The maximum Gasteiger partial charge on any atom is 0.311 e. The lowest BCUT2D eigenvalue weighted by molar-refractivity contribution is -0.385. The maximum absolute atomic E-state index is 12.3. The van der Waals surface area contributed by atoms with Crippen LogP contribution in [0.4, 0.5) is 5.69 Å². The molecule has 1 aromatic carbocycles. The Morgan fingerprint density at radius 2 is 2.20 bits per heavy atom. The van der Waals surface area contributed by atoms with Crippen molar-refractivity contribution in [2.75, 3.05) is 6.54 Å². The molecule has 0 aliphatic carbocycles. The van der Waals surface area contributed by atoms with Gasteiger partial charge in [0.1, 0.15) is 5.82 Å². The van der Waals surface area contributed by atoms with Gasteiger partial charge in [0.25, 0.3) is 5.56 Å². The molecule has 1 aromatic heterocycles. The molecule has 0 bridgehead atoms. The largest absolute Gasteiger partial charge is 0.502 e. The van der Waals surface area contributed by atoms with Crippen LogP contribution in [0, 0.1) is 10.1 Å². The fourth-order valence-corrected chi connectivity index (χ4v) is 2.98. The molecule has 0 atom stereocenters. The maximum atomic E-state index is 12.3. The Labute approximate surface area is 144 Å². The third-order valence-corrected chi connectivity index (χ3v) is 4.36. The molecule has 25 heavy (non-hydrogen) atoms. The minimum Gasteiger partial charge on any atom is -0.502 e. The van der Waals surface area contributed by atoms with Crippen molar-refractivity contribution in [3.05, 3.63) is 61.3 Å². The van der Waals surface area contributed by atoms with E-state index in [-0.39, 0.29) is 22.9 Å². The summed E-state index contributed by atoms with van der Waals surface area (Å²) in [6.45, 7) is 5.60. The molecule has 2 aromatic rings. The molecule has 0 saturated heterocycles. The molecule has 1 aliphatic rings. The summed E-state index contributed by atoms with van der Waals surface area (Å²) in [6.07, 6.45) is 0.666. The number of H-pyrrole nitrogens is 1. The zero-order valence-corrected chi connectivity index (χ0v) is 14.2. The standard InChI is InChI=1S/C17H20N4O4/c1-10(2)16-18-13-5-6-20(9-12(13)17(23)19-16)8-11-3-4-15(22)14(7-11)21(24)25/h3-4,7,10,22H,5-6,8-9H2,1-2H3,(H,18,19,23). The second-order valence-corrected chi connectivity index (χ2v) is 6.57. The van der Waals surface area contributed by atoms with Gasteiger partial charge in [-0.25, -0.2) is 4.98 Å². The van der Waals surface area contributed by atoms with Crippen molar-refractivity contribution in [3.8, 4) is 5.75 Å². The van der Waals surface area contributed by atoms with Gasteiger partial charge < -0.3 is 10.1 Å². The number of rotatable bonds is 4. The van der Waals surface area contributed by atoms with Crippen LogP contribution < -0.4 is 5.56 Å². The van der Waals surface area contributed by atoms with Gasteiger partial charge in [-0.3, -0.25) is 19.8 Å². The van der Waals surface area contributed by atoms with E-state index in [0.717, 1.165) is 17.8 Å². The zero-order valence-electron chi connectivity index (χ0n) is 14.2. The van der Waals surface area contributed by atoms with E-state index < -0.39 is 4.92 Å². The molecule has 0 spiro atoms. The van der Waals surface area contributed by atoms with Crippen LogP contribution in [-0.4, -0.2) is 31.4 Å². The molecular formula is C17H20N4O4. The first-order valence-corrected chi connectivity index (χ1v) is 8.15. The van der Waals surface area contributed by atoms with Crippen molar-refractivity contribution in [1.29, 1.82) is 0 Å². The van der Waals surface area contributed by atoms with E-state index in [4.69, 9.17) is 0 Å². The van der Waals surface area contributed by atoms with Gasteiger partial charge in [0.2, 0.25) is 0 Å². The first-order valence-electron chi connectivity index (χ1n) is 8.15. The second-order valence-electron chi connectivity index (χ2n) is 6.57. The Hall–Kier alpha value is -2.74. The highest BCUT2D eigenvalue weighted by Gasteiger charge is 2.22. The number of nitrogens with zero attached hydrogens (tertiary/aromatic N) is 3. The van der Waals surface area contributed by atoms with E-state index in [2.05, 4.69) is 9.97 Å². The predicted molar refractivity (Wildman–Crippen MR) is 91.5 cm³/mol. The predicted octanol–water partition coefficient (Wildman–Crippen LogP) is 2.07. The number of nitro benzene ring substituents is 1. The smallest absolute Gasteiger partial charge is 0.311 e. The van der Waals surface area contributed by atoms with Crippen molar-refractivity contribution in [1.82, 2.24) is 14.9 Å². The monoisotopic (exact) mass is 344 g/mol. The lowest BCUT2D eigenvalue weighted by Crippen LogP contribution is -2.35. The van der Waals surface area contributed by atoms with Crippen molar-refractivity contribution in [2.45, 2.75) is 39.3 Å². The molecule has 8 heteroatoms. The molecule has 3 rings (SSSR count). The van der Waals surface area contributed by atoms with E-state index >= 15 is 0 Å². The average molecular weight is 344 g/mol. The SMILES string of the molecule is CC(C)c1nc2c(c(=O)[nH]1)CN(Cc1ccc(O)c([N+](=O)[O-])c1)CC2. The number of benzene rings is 1. The number of nitrogens with one attached hydrogen (secondary N) is 1. The first kappa shape index (κ1) is 17.1. The molecule has 0 saturated carbocycles.